The predicted molar refractivity (Wildman–Crippen MR) is 93.6 cm³/mol. The highest BCUT2D eigenvalue weighted by Crippen LogP contribution is 2.41. The van der Waals surface area contributed by atoms with Gasteiger partial charge in [-0.3, -0.25) is 9.80 Å². The van der Waals surface area contributed by atoms with E-state index in [1.54, 1.807) is 32.3 Å². The molecule has 0 atom stereocenters. The number of ether oxygens (including phenoxy) is 3. The number of para-hydroxylation sites is 1. The first-order chi connectivity index (χ1) is 11.5. The first-order valence-electron chi connectivity index (χ1n) is 7.31. The van der Waals surface area contributed by atoms with E-state index in [4.69, 9.17) is 14.2 Å². The summed E-state index contributed by atoms with van der Waals surface area (Å²) in [5, 5.41) is 0. The van der Waals surface area contributed by atoms with Gasteiger partial charge in [-0.2, -0.15) is 0 Å². The second-order valence-electron chi connectivity index (χ2n) is 5.03. The van der Waals surface area contributed by atoms with Gasteiger partial charge in [-0.05, 0) is 6.07 Å². The summed E-state index contributed by atoms with van der Waals surface area (Å²) in [4.78, 5) is 15.7. The van der Waals surface area contributed by atoms with Crippen molar-refractivity contribution in [3.05, 3.63) is 42.5 Å². The van der Waals surface area contributed by atoms with Gasteiger partial charge < -0.3 is 14.2 Å². The lowest BCUT2D eigenvalue weighted by molar-refractivity contribution is 0.253. The topological polar surface area (TPSA) is 51.2 Å². The van der Waals surface area contributed by atoms with Crippen molar-refractivity contribution in [2.24, 2.45) is 0 Å². The van der Waals surface area contributed by atoms with Crippen molar-refractivity contribution < 1.29 is 19.0 Å². The Balaban J connectivity index is 2.35. The third-order valence-corrected chi connectivity index (χ3v) is 3.66. The van der Waals surface area contributed by atoms with E-state index in [9.17, 15) is 4.79 Å². The van der Waals surface area contributed by atoms with Gasteiger partial charge in [0.15, 0.2) is 11.5 Å². The normalized spacial score (nSPS) is 10.0. The number of anilines is 2. The van der Waals surface area contributed by atoms with Crippen molar-refractivity contribution in [3.63, 3.8) is 0 Å². The molecule has 6 heteroatoms. The van der Waals surface area contributed by atoms with Crippen molar-refractivity contribution in [1.29, 1.82) is 0 Å². The standard InChI is InChI=1S/C18H21N2O4/c1-19(13-9-7-6-8-10-13)18(21)20(2)14-11-15(22-3)17(24-5)16(12-14)23-4/h6-9,11-12H,1-5H3. The monoisotopic (exact) mass is 329 g/mol. The summed E-state index contributed by atoms with van der Waals surface area (Å²) in [5.74, 6) is 1.45. The molecule has 0 aromatic heterocycles. The zero-order chi connectivity index (χ0) is 17.7. The lowest BCUT2D eigenvalue weighted by atomic mass is 10.2. The maximum atomic E-state index is 12.7. The van der Waals surface area contributed by atoms with Crippen LogP contribution in [0.3, 0.4) is 0 Å². The Morgan fingerprint density at radius 3 is 2.04 bits per heavy atom. The molecule has 1 radical (unpaired) electrons. The molecule has 6 nitrogen and oxygen atoms in total. The third-order valence-electron chi connectivity index (χ3n) is 3.66. The molecule has 24 heavy (non-hydrogen) atoms. The molecule has 2 rings (SSSR count). The SMILES string of the molecule is COc1cc(N(C)C(=O)N(C)c2[c]cccc2)cc(OC)c1OC. The van der Waals surface area contributed by atoms with Gasteiger partial charge in [0.05, 0.1) is 32.7 Å². The Morgan fingerprint density at radius 1 is 0.958 bits per heavy atom. The molecule has 2 amide bonds. The zero-order valence-electron chi connectivity index (χ0n) is 14.5. The van der Waals surface area contributed by atoms with E-state index in [2.05, 4.69) is 6.07 Å². The largest absolute Gasteiger partial charge is 0.493 e. The lowest BCUT2D eigenvalue weighted by Crippen LogP contribution is -2.39. The maximum absolute atomic E-state index is 12.7. The molecular weight excluding hydrogens is 308 g/mol. The quantitative estimate of drug-likeness (QED) is 0.845. The zero-order valence-corrected chi connectivity index (χ0v) is 14.5. The highest BCUT2D eigenvalue weighted by atomic mass is 16.5. The average Bonchev–Trinajstić information content (AvgIpc) is 2.65. The van der Waals surface area contributed by atoms with Crippen LogP contribution in [0, 0.1) is 6.07 Å². The van der Waals surface area contributed by atoms with Gasteiger partial charge >= 0.3 is 6.03 Å². The molecule has 0 aliphatic carbocycles. The predicted octanol–water partition coefficient (Wildman–Crippen LogP) is 3.21. The van der Waals surface area contributed by atoms with Crippen LogP contribution in [0.5, 0.6) is 17.2 Å². The first kappa shape index (κ1) is 17.5. The third kappa shape index (κ3) is 3.37. The van der Waals surface area contributed by atoms with E-state index in [-0.39, 0.29) is 6.03 Å². The number of benzene rings is 2. The maximum Gasteiger partial charge on any atom is 0.328 e. The first-order valence-corrected chi connectivity index (χ1v) is 7.31. The molecule has 0 spiro atoms. The number of nitrogens with zero attached hydrogens (tertiary/aromatic N) is 2. The van der Waals surface area contributed by atoms with Crippen molar-refractivity contribution in [3.8, 4) is 17.2 Å². The summed E-state index contributed by atoms with van der Waals surface area (Å²) >= 11 is 0. The molecule has 2 aromatic carbocycles. The Bertz CT molecular complexity index is 678. The molecule has 127 valence electrons. The smallest absolute Gasteiger partial charge is 0.328 e. The summed E-state index contributed by atoms with van der Waals surface area (Å²) in [6.07, 6.45) is 0. The van der Waals surface area contributed by atoms with E-state index < -0.39 is 0 Å². The van der Waals surface area contributed by atoms with Crippen LogP contribution >= 0.6 is 0 Å². The molecule has 0 unspecified atom stereocenters. The minimum atomic E-state index is -0.216. The van der Waals surface area contributed by atoms with Gasteiger partial charge in [0.2, 0.25) is 5.75 Å². The second kappa shape index (κ2) is 7.59. The number of urea groups is 1. The van der Waals surface area contributed by atoms with Crippen molar-refractivity contribution in [1.82, 2.24) is 0 Å². The van der Waals surface area contributed by atoms with Crippen LogP contribution in [-0.2, 0) is 0 Å². The van der Waals surface area contributed by atoms with Crippen LogP contribution in [0.4, 0.5) is 16.2 Å². The molecule has 0 N–H and O–H groups in total. The van der Waals surface area contributed by atoms with Crippen LogP contribution in [0.2, 0.25) is 0 Å². The van der Waals surface area contributed by atoms with Gasteiger partial charge in [-0.1, -0.05) is 18.2 Å². The van der Waals surface area contributed by atoms with E-state index in [0.29, 0.717) is 28.6 Å². The molecule has 2 aromatic rings. The molecule has 0 bridgehead atoms. The Kier molecular flexibility index (Phi) is 5.52. The fourth-order valence-electron chi connectivity index (χ4n) is 2.29. The number of amides is 2. The number of hydrogen-bond donors (Lipinski definition) is 0. The van der Waals surface area contributed by atoms with Gasteiger partial charge in [-0.25, -0.2) is 4.79 Å². The molecule has 0 saturated carbocycles. The Morgan fingerprint density at radius 2 is 1.58 bits per heavy atom. The molecular formula is C18H21N2O4. The Hall–Kier alpha value is -2.89. The highest BCUT2D eigenvalue weighted by molar-refractivity contribution is 6.03. The van der Waals surface area contributed by atoms with E-state index >= 15 is 0 Å². The average molecular weight is 329 g/mol. The molecule has 0 saturated heterocycles. The summed E-state index contributed by atoms with van der Waals surface area (Å²) in [5.41, 5.74) is 1.30. The second-order valence-corrected chi connectivity index (χ2v) is 5.03. The highest BCUT2D eigenvalue weighted by Gasteiger charge is 2.21. The summed E-state index contributed by atoms with van der Waals surface area (Å²) in [6.45, 7) is 0. The fraction of sp³-hybridized carbons (Fsp3) is 0.278. The van der Waals surface area contributed by atoms with E-state index in [0.717, 1.165) is 0 Å². The summed E-state index contributed by atoms with van der Waals surface area (Å²) < 4.78 is 16.0. The minimum Gasteiger partial charge on any atom is -0.493 e. The number of rotatable bonds is 5. The van der Waals surface area contributed by atoms with Crippen LogP contribution in [0.1, 0.15) is 0 Å². The van der Waals surface area contributed by atoms with E-state index in [1.807, 2.05) is 18.2 Å². The van der Waals surface area contributed by atoms with Crippen molar-refractivity contribution >= 4 is 17.4 Å². The molecule has 0 aliphatic rings. The van der Waals surface area contributed by atoms with Crippen molar-refractivity contribution in [2.75, 3.05) is 45.2 Å². The van der Waals surface area contributed by atoms with Gasteiger partial charge in [0, 0.05) is 32.3 Å². The number of methoxy groups -OCH3 is 3. The summed E-state index contributed by atoms with van der Waals surface area (Å²) in [6, 6.07) is 13.6. The van der Waals surface area contributed by atoms with Gasteiger partial charge in [-0.15, -0.1) is 0 Å². The minimum absolute atomic E-state index is 0.216. The number of carbonyl (C=O) groups excluding carboxylic acids is 1. The van der Waals surface area contributed by atoms with Crippen LogP contribution < -0.4 is 24.0 Å². The van der Waals surface area contributed by atoms with Crippen molar-refractivity contribution in [2.45, 2.75) is 0 Å². The molecule has 0 aliphatic heterocycles. The fourth-order valence-corrected chi connectivity index (χ4v) is 2.29. The number of carbonyl (C=O) groups is 1. The van der Waals surface area contributed by atoms with E-state index in [1.165, 1.54) is 31.1 Å². The van der Waals surface area contributed by atoms with Crippen LogP contribution in [0.25, 0.3) is 0 Å². The summed E-state index contributed by atoms with van der Waals surface area (Å²) in [7, 11) is 7.99. The Labute approximate surface area is 142 Å². The van der Waals surface area contributed by atoms with Crippen LogP contribution in [-0.4, -0.2) is 41.5 Å². The number of hydrogen-bond acceptors (Lipinski definition) is 4. The lowest BCUT2D eigenvalue weighted by Gasteiger charge is -2.26. The van der Waals surface area contributed by atoms with Gasteiger partial charge in [0.25, 0.3) is 0 Å². The molecule has 0 heterocycles. The van der Waals surface area contributed by atoms with Crippen LogP contribution in [0.15, 0.2) is 36.4 Å². The molecule has 0 fully saturated rings. The van der Waals surface area contributed by atoms with Gasteiger partial charge in [0.1, 0.15) is 0 Å².